The second-order valence-electron chi connectivity index (χ2n) is 3.77. The molecule has 1 rings (SSSR count). The van der Waals surface area contributed by atoms with E-state index in [9.17, 15) is 0 Å². The molecule has 1 saturated carbocycles. The van der Waals surface area contributed by atoms with Gasteiger partial charge < -0.3 is 5.73 Å². The van der Waals surface area contributed by atoms with Gasteiger partial charge in [-0.3, -0.25) is 0 Å². The quantitative estimate of drug-likeness (QED) is 0.606. The third kappa shape index (κ3) is 2.33. The Morgan fingerprint density at radius 3 is 2.36 bits per heavy atom. The van der Waals surface area contributed by atoms with Gasteiger partial charge in [-0.05, 0) is 25.7 Å². The third-order valence-electron chi connectivity index (χ3n) is 2.73. The zero-order valence-corrected chi connectivity index (χ0v) is 7.47. The molecule has 1 fully saturated rings. The third-order valence-corrected chi connectivity index (χ3v) is 2.73. The van der Waals surface area contributed by atoms with Crippen LogP contribution < -0.4 is 5.73 Å². The summed E-state index contributed by atoms with van der Waals surface area (Å²) >= 11 is 0. The standard InChI is InChI=1S/C10H19N/c1-8(2)10(11)9-6-4-3-5-7-9/h9-10H,1,3-7,11H2,2H3. The fourth-order valence-corrected chi connectivity index (χ4v) is 1.90. The Morgan fingerprint density at radius 2 is 1.91 bits per heavy atom. The molecule has 0 radical (unpaired) electrons. The monoisotopic (exact) mass is 153 g/mol. The van der Waals surface area contributed by atoms with E-state index >= 15 is 0 Å². The lowest BCUT2D eigenvalue weighted by Gasteiger charge is -2.27. The van der Waals surface area contributed by atoms with E-state index in [1.165, 1.54) is 32.1 Å². The molecule has 0 amide bonds. The van der Waals surface area contributed by atoms with E-state index in [2.05, 4.69) is 6.58 Å². The van der Waals surface area contributed by atoms with Crippen LogP contribution in [0.1, 0.15) is 39.0 Å². The minimum absolute atomic E-state index is 0.260. The summed E-state index contributed by atoms with van der Waals surface area (Å²) in [6.45, 7) is 5.95. The van der Waals surface area contributed by atoms with Crippen LogP contribution >= 0.6 is 0 Å². The average molecular weight is 153 g/mol. The van der Waals surface area contributed by atoms with Crippen molar-refractivity contribution in [1.29, 1.82) is 0 Å². The molecule has 1 aliphatic rings. The maximum Gasteiger partial charge on any atom is 0.0276 e. The summed E-state index contributed by atoms with van der Waals surface area (Å²) in [6.07, 6.45) is 6.76. The van der Waals surface area contributed by atoms with Crippen LogP contribution in [-0.2, 0) is 0 Å². The van der Waals surface area contributed by atoms with Gasteiger partial charge in [-0.15, -0.1) is 0 Å². The van der Waals surface area contributed by atoms with Crippen molar-refractivity contribution in [3.63, 3.8) is 0 Å². The van der Waals surface area contributed by atoms with Gasteiger partial charge in [0.1, 0.15) is 0 Å². The zero-order valence-electron chi connectivity index (χ0n) is 7.47. The predicted molar refractivity (Wildman–Crippen MR) is 49.4 cm³/mol. The molecular weight excluding hydrogens is 134 g/mol. The molecule has 2 N–H and O–H groups in total. The van der Waals surface area contributed by atoms with Crippen LogP contribution in [0.5, 0.6) is 0 Å². The van der Waals surface area contributed by atoms with Gasteiger partial charge in [0.25, 0.3) is 0 Å². The van der Waals surface area contributed by atoms with E-state index in [0.717, 1.165) is 11.5 Å². The van der Waals surface area contributed by atoms with Gasteiger partial charge in [0.2, 0.25) is 0 Å². The second-order valence-corrected chi connectivity index (χ2v) is 3.77. The van der Waals surface area contributed by atoms with Crippen molar-refractivity contribution in [1.82, 2.24) is 0 Å². The van der Waals surface area contributed by atoms with Gasteiger partial charge in [0, 0.05) is 6.04 Å². The van der Waals surface area contributed by atoms with E-state index < -0.39 is 0 Å². The zero-order chi connectivity index (χ0) is 8.27. The minimum Gasteiger partial charge on any atom is -0.324 e. The first-order valence-corrected chi connectivity index (χ1v) is 4.63. The van der Waals surface area contributed by atoms with Gasteiger partial charge >= 0.3 is 0 Å². The molecule has 1 heteroatoms. The van der Waals surface area contributed by atoms with Gasteiger partial charge in [0.15, 0.2) is 0 Å². The first-order chi connectivity index (χ1) is 5.22. The highest BCUT2D eigenvalue weighted by atomic mass is 14.7. The van der Waals surface area contributed by atoms with Crippen molar-refractivity contribution in [3.8, 4) is 0 Å². The highest BCUT2D eigenvalue weighted by molar-refractivity contribution is 5.03. The lowest BCUT2D eigenvalue weighted by atomic mass is 9.82. The second kappa shape index (κ2) is 3.91. The molecule has 0 spiro atoms. The van der Waals surface area contributed by atoms with Gasteiger partial charge in [0.05, 0.1) is 0 Å². The lowest BCUT2D eigenvalue weighted by molar-refractivity contribution is 0.325. The van der Waals surface area contributed by atoms with Crippen molar-refractivity contribution in [2.24, 2.45) is 11.7 Å². The highest BCUT2D eigenvalue weighted by Crippen LogP contribution is 2.27. The molecular formula is C10H19N. The highest BCUT2D eigenvalue weighted by Gasteiger charge is 2.20. The van der Waals surface area contributed by atoms with Crippen molar-refractivity contribution in [2.45, 2.75) is 45.1 Å². The lowest BCUT2D eigenvalue weighted by Crippen LogP contribution is -2.32. The Labute approximate surface area is 69.7 Å². The first-order valence-electron chi connectivity index (χ1n) is 4.63. The van der Waals surface area contributed by atoms with Crippen molar-refractivity contribution < 1.29 is 0 Å². The largest absolute Gasteiger partial charge is 0.324 e. The molecule has 0 aromatic rings. The van der Waals surface area contributed by atoms with E-state index in [1.807, 2.05) is 6.92 Å². The summed E-state index contributed by atoms with van der Waals surface area (Å²) < 4.78 is 0. The smallest absolute Gasteiger partial charge is 0.0276 e. The fourth-order valence-electron chi connectivity index (χ4n) is 1.90. The van der Waals surface area contributed by atoms with Crippen LogP contribution in [0, 0.1) is 5.92 Å². The normalized spacial score (nSPS) is 23.1. The summed E-state index contributed by atoms with van der Waals surface area (Å²) in [5.74, 6) is 0.723. The summed E-state index contributed by atoms with van der Waals surface area (Å²) in [6, 6.07) is 0.260. The molecule has 0 heterocycles. The molecule has 0 aliphatic heterocycles. The van der Waals surface area contributed by atoms with Crippen LogP contribution in [0.4, 0.5) is 0 Å². The molecule has 64 valence electrons. The Kier molecular flexibility index (Phi) is 3.13. The van der Waals surface area contributed by atoms with Crippen LogP contribution in [0.3, 0.4) is 0 Å². The summed E-state index contributed by atoms with van der Waals surface area (Å²) in [7, 11) is 0. The molecule has 11 heavy (non-hydrogen) atoms. The fraction of sp³-hybridized carbons (Fsp3) is 0.800. The van der Waals surface area contributed by atoms with Crippen LogP contribution in [0.25, 0.3) is 0 Å². The average Bonchev–Trinajstić information content (AvgIpc) is 2.05. The number of hydrogen-bond donors (Lipinski definition) is 1. The van der Waals surface area contributed by atoms with Crippen molar-refractivity contribution in [2.75, 3.05) is 0 Å². The molecule has 0 saturated heterocycles. The van der Waals surface area contributed by atoms with Crippen LogP contribution in [0.15, 0.2) is 12.2 Å². The summed E-state index contributed by atoms with van der Waals surface area (Å²) in [5, 5.41) is 0. The van der Waals surface area contributed by atoms with E-state index in [0.29, 0.717) is 0 Å². The SMILES string of the molecule is C=C(C)C(N)C1CCCCC1. The summed E-state index contributed by atoms with van der Waals surface area (Å²) in [5.41, 5.74) is 7.14. The Hall–Kier alpha value is -0.300. The molecule has 1 aliphatic carbocycles. The molecule has 1 unspecified atom stereocenters. The molecule has 1 atom stereocenters. The van der Waals surface area contributed by atoms with Crippen LogP contribution in [-0.4, -0.2) is 6.04 Å². The van der Waals surface area contributed by atoms with Gasteiger partial charge in [-0.25, -0.2) is 0 Å². The van der Waals surface area contributed by atoms with E-state index in [4.69, 9.17) is 5.73 Å². The molecule has 0 aromatic heterocycles. The predicted octanol–water partition coefficient (Wildman–Crippen LogP) is 2.47. The summed E-state index contributed by atoms with van der Waals surface area (Å²) in [4.78, 5) is 0. The number of nitrogens with two attached hydrogens (primary N) is 1. The Morgan fingerprint density at radius 1 is 1.36 bits per heavy atom. The minimum atomic E-state index is 0.260. The van der Waals surface area contributed by atoms with E-state index in [-0.39, 0.29) is 6.04 Å². The van der Waals surface area contributed by atoms with Crippen molar-refractivity contribution >= 4 is 0 Å². The number of hydrogen-bond acceptors (Lipinski definition) is 1. The van der Waals surface area contributed by atoms with Crippen molar-refractivity contribution in [3.05, 3.63) is 12.2 Å². The molecule has 0 bridgehead atoms. The first kappa shape index (κ1) is 8.79. The Bertz CT molecular complexity index is 134. The Balaban J connectivity index is 2.38. The van der Waals surface area contributed by atoms with Gasteiger partial charge in [-0.2, -0.15) is 0 Å². The van der Waals surface area contributed by atoms with Crippen LogP contribution in [0.2, 0.25) is 0 Å². The maximum absolute atomic E-state index is 5.99. The maximum atomic E-state index is 5.99. The number of rotatable bonds is 2. The topological polar surface area (TPSA) is 26.0 Å². The molecule has 0 aromatic carbocycles. The van der Waals surface area contributed by atoms with E-state index in [1.54, 1.807) is 0 Å². The molecule has 1 nitrogen and oxygen atoms in total. The van der Waals surface area contributed by atoms with Gasteiger partial charge in [-0.1, -0.05) is 31.4 Å².